The van der Waals surface area contributed by atoms with Crippen LogP contribution in [0, 0.1) is 5.41 Å². The number of hydrogen-bond acceptors (Lipinski definition) is 4. The Morgan fingerprint density at radius 3 is 1.42 bits per heavy atom. The summed E-state index contributed by atoms with van der Waals surface area (Å²) in [6.07, 6.45) is 8.03. The highest BCUT2D eigenvalue weighted by Gasteiger charge is 2.24. The molecule has 11 aromatic rings. The molecule has 0 fully saturated rings. The number of rotatable bonds is 8. The lowest BCUT2D eigenvalue weighted by atomic mass is 9.83. The van der Waals surface area contributed by atoms with Gasteiger partial charge in [-0.3, -0.25) is 15.8 Å². The standard InChI is InChI=1S/C63H42N4/c64-63-59(58-37-48(42-18-5-2-6-19-42)35-45-21-8-10-24-52(45)58)38-49(57-36-47(41-16-3-1-4-17-41)34-44-20-7-9-23-51(44)57)39-60(63)67-66-50-31-29-43(30-32-50)61-53-25-11-13-27-55(53)62(46-22-15-33-65-40-46)56-28-14-12-26-54(56)61/h1-40,64,66H/b64-63?,67-60-. The molecule has 1 heterocycles. The molecule has 1 aliphatic rings. The fourth-order valence-electron chi connectivity index (χ4n) is 9.86. The van der Waals surface area contributed by atoms with E-state index >= 15 is 0 Å². The lowest BCUT2D eigenvalue weighted by Gasteiger charge is -2.21. The molecule has 4 nitrogen and oxygen atoms in total. The maximum absolute atomic E-state index is 9.94. The molecular weight excluding hydrogens is 813 g/mol. The van der Waals surface area contributed by atoms with E-state index in [4.69, 9.17) is 5.10 Å². The summed E-state index contributed by atoms with van der Waals surface area (Å²) in [5.74, 6) is 0. The van der Waals surface area contributed by atoms with Crippen molar-refractivity contribution in [3.8, 4) is 44.5 Å². The van der Waals surface area contributed by atoms with E-state index in [1.54, 1.807) is 0 Å². The van der Waals surface area contributed by atoms with Crippen LogP contribution in [-0.4, -0.2) is 16.4 Å². The first-order chi connectivity index (χ1) is 33.1. The molecular formula is C63H42N4. The number of pyridine rings is 1. The van der Waals surface area contributed by atoms with Crippen LogP contribution in [0.1, 0.15) is 11.1 Å². The molecule has 12 rings (SSSR count). The summed E-state index contributed by atoms with van der Waals surface area (Å²) in [5, 5.41) is 24.2. The van der Waals surface area contributed by atoms with E-state index in [-0.39, 0.29) is 0 Å². The monoisotopic (exact) mass is 854 g/mol. The summed E-state index contributed by atoms with van der Waals surface area (Å²) in [6, 6.07) is 77.1. The molecule has 2 N–H and O–H groups in total. The fraction of sp³-hybridized carbons (Fsp3) is 0. The first-order valence-electron chi connectivity index (χ1n) is 22.6. The number of anilines is 1. The van der Waals surface area contributed by atoms with E-state index < -0.39 is 0 Å². The molecule has 67 heavy (non-hydrogen) atoms. The molecule has 0 aliphatic heterocycles. The van der Waals surface area contributed by atoms with Gasteiger partial charge < -0.3 is 0 Å². The molecule has 0 bridgehead atoms. The Morgan fingerprint density at radius 1 is 0.388 bits per heavy atom. The molecule has 0 amide bonds. The van der Waals surface area contributed by atoms with Crippen molar-refractivity contribution in [1.29, 1.82) is 5.41 Å². The quantitative estimate of drug-likeness (QED) is 0.0909. The fourth-order valence-corrected chi connectivity index (χ4v) is 9.86. The van der Waals surface area contributed by atoms with Crippen molar-refractivity contribution in [1.82, 2.24) is 4.98 Å². The van der Waals surface area contributed by atoms with Crippen LogP contribution < -0.4 is 5.43 Å². The van der Waals surface area contributed by atoms with Crippen molar-refractivity contribution in [2.45, 2.75) is 0 Å². The minimum absolute atomic E-state index is 0.346. The van der Waals surface area contributed by atoms with Crippen molar-refractivity contribution in [2.75, 3.05) is 5.43 Å². The Kier molecular flexibility index (Phi) is 9.96. The first kappa shape index (κ1) is 39.6. The zero-order valence-electron chi connectivity index (χ0n) is 36.5. The second kappa shape index (κ2) is 16.9. The highest BCUT2D eigenvalue weighted by molar-refractivity contribution is 6.63. The molecule has 1 aliphatic carbocycles. The topological polar surface area (TPSA) is 61.1 Å². The smallest absolute Gasteiger partial charge is 0.109 e. The SMILES string of the molecule is N=C1C(c2cc(-c3ccccc3)cc3ccccc23)=CC(c2cc(-c3ccccc3)cc3ccccc23)=C/C1=N/Nc1ccc(-c2c3ccccc3c(-c3cccnc3)c3ccccc23)cc1. The van der Waals surface area contributed by atoms with Crippen LogP contribution in [0.25, 0.3) is 98.7 Å². The zero-order valence-corrected chi connectivity index (χ0v) is 36.5. The van der Waals surface area contributed by atoms with Gasteiger partial charge in [0.1, 0.15) is 5.71 Å². The Hall–Kier alpha value is -8.99. The molecule has 0 spiro atoms. The molecule has 0 atom stereocenters. The minimum Gasteiger partial charge on any atom is -0.298 e. The van der Waals surface area contributed by atoms with Gasteiger partial charge in [0.25, 0.3) is 0 Å². The van der Waals surface area contributed by atoms with Crippen LogP contribution in [0.2, 0.25) is 0 Å². The van der Waals surface area contributed by atoms with E-state index in [1.165, 1.54) is 32.7 Å². The van der Waals surface area contributed by atoms with Crippen molar-refractivity contribution in [3.63, 3.8) is 0 Å². The molecule has 10 aromatic carbocycles. The third kappa shape index (κ3) is 7.27. The Balaban J connectivity index is 0.988. The third-order valence-electron chi connectivity index (χ3n) is 13.0. The molecule has 314 valence electrons. The molecule has 0 unspecified atom stereocenters. The average Bonchev–Trinajstić information content (AvgIpc) is 3.40. The number of hydrazone groups is 1. The molecule has 0 saturated carbocycles. The number of nitrogens with zero attached hydrogens (tertiary/aromatic N) is 2. The summed E-state index contributed by atoms with van der Waals surface area (Å²) >= 11 is 0. The summed E-state index contributed by atoms with van der Waals surface area (Å²) in [7, 11) is 0. The normalized spacial score (nSPS) is 13.3. The van der Waals surface area contributed by atoms with E-state index in [9.17, 15) is 5.41 Å². The summed E-state index contributed by atoms with van der Waals surface area (Å²) in [4.78, 5) is 4.48. The number of allylic oxidation sites excluding steroid dienone is 4. The molecule has 0 radical (unpaired) electrons. The van der Waals surface area contributed by atoms with Gasteiger partial charge in [-0.1, -0.05) is 176 Å². The zero-order chi connectivity index (χ0) is 44.7. The second-order valence-electron chi connectivity index (χ2n) is 17.0. The van der Waals surface area contributed by atoms with Crippen LogP contribution >= 0.6 is 0 Å². The largest absolute Gasteiger partial charge is 0.298 e. The molecule has 1 aromatic heterocycles. The lowest BCUT2D eigenvalue weighted by molar-refractivity contribution is 1.33. The minimum atomic E-state index is 0.346. The summed E-state index contributed by atoms with van der Waals surface area (Å²) < 4.78 is 0. The maximum Gasteiger partial charge on any atom is 0.109 e. The number of fused-ring (bicyclic) bond motifs is 4. The third-order valence-corrected chi connectivity index (χ3v) is 13.0. The van der Waals surface area contributed by atoms with Crippen LogP contribution in [0.5, 0.6) is 0 Å². The van der Waals surface area contributed by atoms with E-state index in [2.05, 4.69) is 229 Å². The van der Waals surface area contributed by atoms with Crippen LogP contribution in [0.15, 0.2) is 248 Å². The van der Waals surface area contributed by atoms with Gasteiger partial charge in [0, 0.05) is 23.5 Å². The second-order valence-corrected chi connectivity index (χ2v) is 17.0. The highest BCUT2D eigenvalue weighted by atomic mass is 15.3. The van der Waals surface area contributed by atoms with Gasteiger partial charge in [-0.25, -0.2) is 0 Å². The van der Waals surface area contributed by atoms with Crippen molar-refractivity contribution >= 4 is 71.3 Å². The van der Waals surface area contributed by atoms with Gasteiger partial charge in [0.15, 0.2) is 0 Å². The van der Waals surface area contributed by atoms with Crippen molar-refractivity contribution < 1.29 is 0 Å². The number of aromatic nitrogens is 1. The van der Waals surface area contributed by atoms with Gasteiger partial charge in [-0.05, 0) is 153 Å². The van der Waals surface area contributed by atoms with Gasteiger partial charge >= 0.3 is 0 Å². The van der Waals surface area contributed by atoms with Crippen LogP contribution in [0.3, 0.4) is 0 Å². The van der Waals surface area contributed by atoms with Crippen molar-refractivity contribution in [3.05, 3.63) is 254 Å². The van der Waals surface area contributed by atoms with Crippen LogP contribution in [-0.2, 0) is 0 Å². The molecule has 4 heteroatoms. The average molecular weight is 855 g/mol. The Labute approximate surface area is 389 Å². The maximum atomic E-state index is 9.94. The Bertz CT molecular complexity index is 3760. The van der Waals surface area contributed by atoms with E-state index in [1.807, 2.05) is 24.5 Å². The highest BCUT2D eigenvalue weighted by Crippen LogP contribution is 2.44. The Morgan fingerprint density at radius 2 is 0.866 bits per heavy atom. The number of benzene rings is 10. The number of nitrogens with one attached hydrogen (secondary N) is 2. The number of hydrogen-bond donors (Lipinski definition) is 2. The lowest BCUT2D eigenvalue weighted by Crippen LogP contribution is -2.19. The van der Waals surface area contributed by atoms with Gasteiger partial charge in [-0.2, -0.15) is 5.10 Å². The van der Waals surface area contributed by atoms with E-state index in [0.717, 1.165) is 82.9 Å². The predicted octanol–water partition coefficient (Wildman–Crippen LogP) is 16.3. The van der Waals surface area contributed by atoms with Gasteiger partial charge in [-0.15, -0.1) is 0 Å². The molecule has 0 saturated heterocycles. The summed E-state index contributed by atoms with van der Waals surface area (Å²) in [5.41, 5.74) is 18.0. The van der Waals surface area contributed by atoms with Crippen molar-refractivity contribution in [2.24, 2.45) is 5.10 Å². The van der Waals surface area contributed by atoms with Crippen LogP contribution in [0.4, 0.5) is 5.69 Å². The van der Waals surface area contributed by atoms with Gasteiger partial charge in [0.05, 0.1) is 11.4 Å². The summed E-state index contributed by atoms with van der Waals surface area (Å²) in [6.45, 7) is 0. The predicted molar refractivity (Wildman–Crippen MR) is 284 cm³/mol. The van der Waals surface area contributed by atoms with E-state index in [0.29, 0.717) is 11.4 Å². The van der Waals surface area contributed by atoms with Gasteiger partial charge in [0.2, 0.25) is 0 Å². The first-order valence-corrected chi connectivity index (χ1v) is 22.6.